The van der Waals surface area contributed by atoms with Crippen LogP contribution in [0, 0.1) is 0 Å². The van der Waals surface area contributed by atoms with Gasteiger partial charge in [-0.25, -0.2) is 0 Å². The van der Waals surface area contributed by atoms with Crippen LogP contribution in [0.1, 0.15) is 23.1 Å². The van der Waals surface area contributed by atoms with Crippen LogP contribution in [0.3, 0.4) is 0 Å². The molecule has 0 amide bonds. The third-order valence-electron chi connectivity index (χ3n) is 5.45. The van der Waals surface area contributed by atoms with Crippen molar-refractivity contribution in [2.45, 2.75) is 25.8 Å². The van der Waals surface area contributed by atoms with Crippen molar-refractivity contribution in [2.75, 3.05) is 18.5 Å². The van der Waals surface area contributed by atoms with Gasteiger partial charge in [-0.05, 0) is 53.8 Å². The molecule has 0 aliphatic rings. The number of aryl methyl sites for hydroxylation is 1. The van der Waals surface area contributed by atoms with Crippen LogP contribution in [-0.4, -0.2) is 13.2 Å². The highest BCUT2D eigenvalue weighted by molar-refractivity contribution is 5.48. The lowest BCUT2D eigenvalue weighted by Crippen LogP contribution is -2.03. The maximum Gasteiger partial charge on any atom is 0.121 e. The lowest BCUT2D eigenvalue weighted by atomic mass is 10.1. The third-order valence-corrected chi connectivity index (χ3v) is 5.45. The minimum Gasteiger partial charge on any atom is -0.494 e. The van der Waals surface area contributed by atoms with Crippen molar-refractivity contribution in [3.05, 3.63) is 126 Å². The van der Waals surface area contributed by atoms with E-state index >= 15 is 0 Å². The minimum absolute atomic E-state index is 0.671. The maximum absolute atomic E-state index is 5.96. The van der Waals surface area contributed by atoms with E-state index < -0.39 is 0 Å². The van der Waals surface area contributed by atoms with Crippen molar-refractivity contribution in [2.24, 2.45) is 0 Å². The van der Waals surface area contributed by atoms with Crippen molar-refractivity contribution in [3.63, 3.8) is 0 Å². The Kier molecular flexibility index (Phi) is 8.41. The van der Waals surface area contributed by atoms with Crippen LogP contribution in [0.4, 0.5) is 5.69 Å². The van der Waals surface area contributed by atoms with Gasteiger partial charge in [0.25, 0.3) is 0 Å². The summed E-state index contributed by atoms with van der Waals surface area (Å²) in [6.45, 7) is 2.11. The van der Waals surface area contributed by atoms with Gasteiger partial charge in [-0.1, -0.05) is 78.9 Å². The molecule has 0 aliphatic carbocycles. The molecule has 0 saturated carbocycles. The fourth-order valence-corrected chi connectivity index (χ4v) is 3.69. The lowest BCUT2D eigenvalue weighted by Gasteiger charge is -2.11. The summed E-state index contributed by atoms with van der Waals surface area (Å²) in [5, 5.41) is 3.49. The minimum atomic E-state index is 0.671. The highest BCUT2D eigenvalue weighted by Gasteiger charge is 2.01. The van der Waals surface area contributed by atoms with E-state index in [1.54, 1.807) is 0 Å². The Balaban J connectivity index is 1.21. The van der Waals surface area contributed by atoms with E-state index in [2.05, 4.69) is 78.1 Å². The molecule has 0 radical (unpaired) electrons. The fourth-order valence-electron chi connectivity index (χ4n) is 3.69. The van der Waals surface area contributed by atoms with E-state index in [0.29, 0.717) is 13.2 Å². The molecule has 168 valence electrons. The Morgan fingerprint density at radius 3 is 1.88 bits per heavy atom. The monoisotopic (exact) mass is 437 g/mol. The molecule has 33 heavy (non-hydrogen) atoms. The molecule has 0 heterocycles. The molecule has 0 atom stereocenters. The normalized spacial score (nSPS) is 10.5. The van der Waals surface area contributed by atoms with Crippen LogP contribution in [0.25, 0.3) is 0 Å². The van der Waals surface area contributed by atoms with Crippen molar-refractivity contribution in [1.82, 2.24) is 0 Å². The predicted molar refractivity (Wildman–Crippen MR) is 136 cm³/mol. The summed E-state index contributed by atoms with van der Waals surface area (Å²) >= 11 is 0. The van der Waals surface area contributed by atoms with Crippen LogP contribution in [0.15, 0.2) is 109 Å². The highest BCUT2D eigenvalue weighted by Crippen LogP contribution is 2.20. The van der Waals surface area contributed by atoms with Crippen LogP contribution in [0.2, 0.25) is 0 Å². The second-order valence-corrected chi connectivity index (χ2v) is 8.05. The average molecular weight is 438 g/mol. The topological polar surface area (TPSA) is 30.5 Å². The molecule has 4 rings (SSSR count). The molecule has 0 aromatic heterocycles. The van der Waals surface area contributed by atoms with E-state index in [9.17, 15) is 0 Å². The Bertz CT molecular complexity index is 1100. The molecule has 4 aromatic carbocycles. The number of hydrogen-bond acceptors (Lipinski definition) is 3. The van der Waals surface area contributed by atoms with E-state index in [1.807, 2.05) is 36.4 Å². The van der Waals surface area contributed by atoms with E-state index in [-0.39, 0.29) is 0 Å². The molecule has 3 heteroatoms. The molecule has 0 fully saturated rings. The first kappa shape index (κ1) is 22.5. The lowest BCUT2D eigenvalue weighted by molar-refractivity contribution is 0.311. The first-order valence-corrected chi connectivity index (χ1v) is 11.6. The van der Waals surface area contributed by atoms with Crippen molar-refractivity contribution < 1.29 is 9.47 Å². The number of rotatable bonds is 12. The molecular weight excluding hydrogens is 406 g/mol. The summed E-state index contributed by atoms with van der Waals surface area (Å²) in [4.78, 5) is 0. The van der Waals surface area contributed by atoms with E-state index in [1.165, 1.54) is 16.7 Å². The van der Waals surface area contributed by atoms with Gasteiger partial charge in [0.2, 0.25) is 0 Å². The summed E-state index contributed by atoms with van der Waals surface area (Å²) in [5.74, 6) is 1.80. The van der Waals surface area contributed by atoms with Gasteiger partial charge in [0.15, 0.2) is 0 Å². The van der Waals surface area contributed by atoms with Crippen LogP contribution in [-0.2, 0) is 19.4 Å². The predicted octanol–water partition coefficient (Wildman–Crippen LogP) is 6.93. The average Bonchev–Trinajstić information content (AvgIpc) is 2.87. The van der Waals surface area contributed by atoms with Crippen molar-refractivity contribution >= 4 is 5.69 Å². The first-order chi connectivity index (χ1) is 16.3. The Morgan fingerprint density at radius 1 is 0.515 bits per heavy atom. The second kappa shape index (κ2) is 12.4. The first-order valence-electron chi connectivity index (χ1n) is 11.6. The maximum atomic E-state index is 5.96. The fraction of sp³-hybridized carbons (Fsp3) is 0.200. The van der Waals surface area contributed by atoms with Gasteiger partial charge in [-0.2, -0.15) is 0 Å². The molecule has 0 bridgehead atoms. The highest BCUT2D eigenvalue weighted by atomic mass is 16.5. The van der Waals surface area contributed by atoms with Gasteiger partial charge in [0.1, 0.15) is 11.5 Å². The third kappa shape index (κ3) is 7.73. The quantitative estimate of drug-likeness (QED) is 0.244. The molecular formula is C30H31NO2. The van der Waals surface area contributed by atoms with Gasteiger partial charge in [-0.15, -0.1) is 0 Å². The summed E-state index contributed by atoms with van der Waals surface area (Å²) in [6.07, 6.45) is 2.93. The zero-order valence-electron chi connectivity index (χ0n) is 19.0. The molecule has 0 saturated heterocycles. The number of ether oxygens (including phenoxy) is 2. The molecule has 1 N–H and O–H groups in total. The summed E-state index contributed by atoms with van der Waals surface area (Å²) in [6, 6.07) is 37.4. The molecule has 4 aromatic rings. The molecule has 0 aliphatic heterocycles. The zero-order chi connectivity index (χ0) is 22.6. The van der Waals surface area contributed by atoms with E-state index in [0.717, 1.165) is 43.0 Å². The van der Waals surface area contributed by atoms with Gasteiger partial charge in [0.05, 0.1) is 13.2 Å². The van der Waals surface area contributed by atoms with Gasteiger partial charge in [0, 0.05) is 24.7 Å². The molecule has 0 unspecified atom stereocenters. The molecule has 3 nitrogen and oxygen atoms in total. The molecule has 0 spiro atoms. The van der Waals surface area contributed by atoms with Crippen molar-refractivity contribution in [3.8, 4) is 11.5 Å². The van der Waals surface area contributed by atoms with E-state index in [4.69, 9.17) is 9.47 Å². The van der Waals surface area contributed by atoms with Gasteiger partial charge in [-0.3, -0.25) is 0 Å². The Labute approximate surface area is 197 Å². The van der Waals surface area contributed by atoms with Crippen LogP contribution < -0.4 is 14.8 Å². The summed E-state index contributed by atoms with van der Waals surface area (Å²) < 4.78 is 11.9. The standard InChI is InChI=1S/C30H31NO2/c1-3-10-25(11-4-1)15-9-20-32-30-18-8-16-28(23-30)31-24-27-14-7-17-29(22-27)33-21-19-26-12-5-2-6-13-26/h1-8,10-14,16-18,22-23,31H,9,15,19-21,24H2. The number of anilines is 1. The van der Waals surface area contributed by atoms with Gasteiger partial charge < -0.3 is 14.8 Å². The SMILES string of the molecule is c1ccc(CCCOc2cccc(NCc3cccc(OCCc4ccccc4)c3)c2)cc1. The largest absolute Gasteiger partial charge is 0.494 e. The van der Waals surface area contributed by atoms with Crippen LogP contribution in [0.5, 0.6) is 11.5 Å². The van der Waals surface area contributed by atoms with Crippen molar-refractivity contribution in [1.29, 1.82) is 0 Å². The summed E-state index contributed by atoms with van der Waals surface area (Å²) in [7, 11) is 0. The Hall–Kier alpha value is -3.72. The number of nitrogens with one attached hydrogen (secondary N) is 1. The van der Waals surface area contributed by atoms with Crippen LogP contribution >= 0.6 is 0 Å². The van der Waals surface area contributed by atoms with Gasteiger partial charge >= 0.3 is 0 Å². The zero-order valence-corrected chi connectivity index (χ0v) is 19.0. The Morgan fingerprint density at radius 2 is 1.12 bits per heavy atom. The number of hydrogen-bond donors (Lipinski definition) is 1. The second-order valence-electron chi connectivity index (χ2n) is 8.05. The summed E-state index contributed by atoms with van der Waals surface area (Å²) in [5.41, 5.74) is 4.87. The smallest absolute Gasteiger partial charge is 0.121 e. The number of benzene rings is 4.